The van der Waals surface area contributed by atoms with E-state index in [1.165, 1.54) is 17.4 Å². The molecule has 2 heterocycles. The number of rotatable bonds is 5. The van der Waals surface area contributed by atoms with Crippen LogP contribution < -0.4 is 5.32 Å². The molecule has 0 aromatic carbocycles. The highest BCUT2D eigenvalue weighted by atomic mass is 32.1. The van der Waals surface area contributed by atoms with Gasteiger partial charge in [0.25, 0.3) is 5.91 Å². The summed E-state index contributed by atoms with van der Waals surface area (Å²) in [4.78, 5) is 23.5. The zero-order valence-corrected chi connectivity index (χ0v) is 10.9. The second-order valence-electron chi connectivity index (χ2n) is 3.97. The van der Waals surface area contributed by atoms with Gasteiger partial charge in [-0.2, -0.15) is 0 Å². The molecular formula is C12H12N2O4S. The number of amides is 1. The number of aromatic nitrogens is 1. The lowest BCUT2D eigenvalue weighted by molar-refractivity contribution is -0.137. The van der Waals surface area contributed by atoms with E-state index in [0.717, 1.165) is 4.88 Å². The van der Waals surface area contributed by atoms with Crippen molar-refractivity contribution in [3.63, 3.8) is 0 Å². The van der Waals surface area contributed by atoms with Crippen LogP contribution in [0.25, 0.3) is 0 Å². The number of hydrogen-bond donors (Lipinski definition) is 2. The maximum atomic E-state index is 11.9. The van der Waals surface area contributed by atoms with Crippen molar-refractivity contribution in [3.8, 4) is 0 Å². The number of aryl methyl sites for hydroxylation is 1. The van der Waals surface area contributed by atoms with E-state index in [1.54, 1.807) is 19.1 Å². The van der Waals surface area contributed by atoms with Gasteiger partial charge >= 0.3 is 5.97 Å². The van der Waals surface area contributed by atoms with Gasteiger partial charge < -0.3 is 14.9 Å². The summed E-state index contributed by atoms with van der Waals surface area (Å²) in [6.07, 6.45) is -0.181. The molecule has 0 saturated carbocycles. The fourth-order valence-electron chi connectivity index (χ4n) is 1.59. The second-order valence-corrected chi connectivity index (χ2v) is 4.95. The van der Waals surface area contributed by atoms with Crippen LogP contribution in [-0.4, -0.2) is 22.1 Å². The standard InChI is InChI=1S/C12H12N2O4S/c1-7-5-9(18-14-7)12(17)13-8(6-11(15)16)10-3-2-4-19-10/h2-5,8H,6H2,1H3,(H,13,17)(H,15,16). The minimum Gasteiger partial charge on any atom is -0.481 e. The van der Waals surface area contributed by atoms with Gasteiger partial charge in [0.1, 0.15) is 0 Å². The van der Waals surface area contributed by atoms with Gasteiger partial charge in [0.15, 0.2) is 0 Å². The highest BCUT2D eigenvalue weighted by Crippen LogP contribution is 2.22. The lowest BCUT2D eigenvalue weighted by Gasteiger charge is -2.14. The van der Waals surface area contributed by atoms with Gasteiger partial charge in [-0.25, -0.2) is 0 Å². The highest BCUT2D eigenvalue weighted by Gasteiger charge is 2.21. The molecule has 1 amide bonds. The fourth-order valence-corrected chi connectivity index (χ4v) is 2.36. The third-order valence-electron chi connectivity index (χ3n) is 2.42. The summed E-state index contributed by atoms with van der Waals surface area (Å²) < 4.78 is 4.84. The molecule has 2 N–H and O–H groups in total. The summed E-state index contributed by atoms with van der Waals surface area (Å²) in [7, 11) is 0. The van der Waals surface area contributed by atoms with Crippen LogP contribution in [0.15, 0.2) is 28.1 Å². The van der Waals surface area contributed by atoms with Gasteiger partial charge in [0.2, 0.25) is 5.76 Å². The molecular weight excluding hydrogens is 268 g/mol. The summed E-state index contributed by atoms with van der Waals surface area (Å²) in [6.45, 7) is 1.70. The van der Waals surface area contributed by atoms with Gasteiger partial charge in [-0.15, -0.1) is 11.3 Å². The van der Waals surface area contributed by atoms with Crippen molar-refractivity contribution in [2.75, 3.05) is 0 Å². The Morgan fingerprint density at radius 1 is 1.58 bits per heavy atom. The number of thiophene rings is 1. The Bertz CT molecular complexity index is 576. The molecule has 100 valence electrons. The maximum Gasteiger partial charge on any atom is 0.305 e. The average molecular weight is 280 g/mol. The smallest absolute Gasteiger partial charge is 0.305 e. The SMILES string of the molecule is Cc1cc(C(=O)NC(CC(=O)O)c2cccs2)on1. The van der Waals surface area contributed by atoms with E-state index in [1.807, 2.05) is 5.38 Å². The van der Waals surface area contributed by atoms with Crippen LogP contribution in [0.3, 0.4) is 0 Å². The van der Waals surface area contributed by atoms with Crippen molar-refractivity contribution < 1.29 is 19.2 Å². The first-order chi connectivity index (χ1) is 9.06. The molecule has 0 aliphatic rings. The predicted molar refractivity (Wildman–Crippen MR) is 68.0 cm³/mol. The monoisotopic (exact) mass is 280 g/mol. The van der Waals surface area contributed by atoms with Crippen molar-refractivity contribution in [2.45, 2.75) is 19.4 Å². The van der Waals surface area contributed by atoms with Crippen LogP contribution in [0.2, 0.25) is 0 Å². The summed E-state index contributed by atoms with van der Waals surface area (Å²) >= 11 is 1.39. The van der Waals surface area contributed by atoms with Crippen LogP contribution in [0.5, 0.6) is 0 Å². The van der Waals surface area contributed by atoms with Gasteiger partial charge in [-0.1, -0.05) is 11.2 Å². The number of carbonyl (C=O) groups excluding carboxylic acids is 1. The number of carboxylic acids is 1. The maximum absolute atomic E-state index is 11.9. The Morgan fingerprint density at radius 2 is 2.37 bits per heavy atom. The third kappa shape index (κ3) is 3.41. The highest BCUT2D eigenvalue weighted by molar-refractivity contribution is 7.10. The molecule has 2 aromatic rings. The minimum absolute atomic E-state index is 0.0736. The molecule has 0 bridgehead atoms. The van der Waals surface area contributed by atoms with Gasteiger partial charge in [-0.05, 0) is 18.4 Å². The van der Waals surface area contributed by atoms with Crippen molar-refractivity contribution in [3.05, 3.63) is 39.9 Å². The molecule has 0 spiro atoms. The Hall–Kier alpha value is -2.15. The topological polar surface area (TPSA) is 92.4 Å². The van der Waals surface area contributed by atoms with E-state index in [4.69, 9.17) is 9.63 Å². The van der Waals surface area contributed by atoms with E-state index in [0.29, 0.717) is 5.69 Å². The van der Waals surface area contributed by atoms with Crippen LogP contribution in [0, 0.1) is 6.92 Å². The van der Waals surface area contributed by atoms with Gasteiger partial charge in [-0.3, -0.25) is 9.59 Å². The number of aliphatic carboxylic acids is 1. The van der Waals surface area contributed by atoms with Crippen molar-refractivity contribution in [1.29, 1.82) is 0 Å². The Balaban J connectivity index is 2.12. The van der Waals surface area contributed by atoms with E-state index in [2.05, 4.69) is 10.5 Å². The normalized spacial score (nSPS) is 12.1. The van der Waals surface area contributed by atoms with Crippen LogP contribution in [0.1, 0.15) is 33.6 Å². The van der Waals surface area contributed by atoms with Crippen LogP contribution in [-0.2, 0) is 4.79 Å². The average Bonchev–Trinajstić information content (AvgIpc) is 2.97. The lowest BCUT2D eigenvalue weighted by atomic mass is 10.1. The number of nitrogens with one attached hydrogen (secondary N) is 1. The molecule has 2 aromatic heterocycles. The summed E-state index contributed by atoms with van der Waals surface area (Å²) in [5, 5.41) is 17.0. The quantitative estimate of drug-likeness (QED) is 0.873. The van der Waals surface area contributed by atoms with Crippen molar-refractivity contribution in [1.82, 2.24) is 10.5 Å². The molecule has 0 aliphatic heterocycles. The first kappa shape index (κ1) is 13.3. The molecule has 19 heavy (non-hydrogen) atoms. The van der Waals surface area contributed by atoms with E-state index < -0.39 is 17.9 Å². The molecule has 1 unspecified atom stereocenters. The summed E-state index contributed by atoms with van der Waals surface area (Å²) in [5.74, 6) is -1.38. The molecule has 0 radical (unpaired) electrons. The molecule has 1 atom stereocenters. The Morgan fingerprint density at radius 3 is 2.89 bits per heavy atom. The molecule has 2 rings (SSSR count). The van der Waals surface area contributed by atoms with E-state index >= 15 is 0 Å². The van der Waals surface area contributed by atoms with Crippen LogP contribution >= 0.6 is 11.3 Å². The fraction of sp³-hybridized carbons (Fsp3) is 0.250. The Labute approximate surface area is 113 Å². The predicted octanol–water partition coefficient (Wildman–Crippen LogP) is 1.99. The number of carboxylic acid groups (broad SMARTS) is 1. The minimum atomic E-state index is -0.979. The first-order valence-corrected chi connectivity index (χ1v) is 6.43. The van der Waals surface area contributed by atoms with Crippen molar-refractivity contribution >= 4 is 23.2 Å². The molecule has 0 aliphatic carbocycles. The molecule has 7 heteroatoms. The second kappa shape index (κ2) is 5.66. The van der Waals surface area contributed by atoms with E-state index in [-0.39, 0.29) is 12.2 Å². The lowest BCUT2D eigenvalue weighted by Crippen LogP contribution is -2.29. The molecule has 0 saturated heterocycles. The van der Waals surface area contributed by atoms with Crippen LogP contribution in [0.4, 0.5) is 0 Å². The number of nitrogens with zero attached hydrogens (tertiary/aromatic N) is 1. The molecule has 0 fully saturated rings. The Kier molecular flexibility index (Phi) is 3.96. The summed E-state index contributed by atoms with van der Waals surface area (Å²) in [6, 6.07) is 4.51. The van der Waals surface area contributed by atoms with Crippen molar-refractivity contribution in [2.24, 2.45) is 0 Å². The first-order valence-electron chi connectivity index (χ1n) is 5.55. The number of carbonyl (C=O) groups is 2. The third-order valence-corrected chi connectivity index (χ3v) is 3.41. The largest absolute Gasteiger partial charge is 0.481 e. The van der Waals surface area contributed by atoms with E-state index in [9.17, 15) is 9.59 Å². The summed E-state index contributed by atoms with van der Waals surface area (Å²) in [5.41, 5.74) is 0.594. The zero-order chi connectivity index (χ0) is 13.8. The van der Waals surface area contributed by atoms with Gasteiger partial charge in [0.05, 0.1) is 18.2 Å². The van der Waals surface area contributed by atoms with Gasteiger partial charge in [0, 0.05) is 10.9 Å². The zero-order valence-electron chi connectivity index (χ0n) is 10.1. The molecule has 6 nitrogen and oxygen atoms in total. The number of hydrogen-bond acceptors (Lipinski definition) is 5.